The van der Waals surface area contributed by atoms with Gasteiger partial charge in [-0.15, -0.1) is 11.8 Å². The predicted molar refractivity (Wildman–Crippen MR) is 44.2 cm³/mol. The topological polar surface area (TPSA) is 34.9 Å². The summed E-state index contributed by atoms with van der Waals surface area (Å²) >= 11 is 7.23. The van der Waals surface area contributed by atoms with Crippen LogP contribution in [0.2, 0.25) is 5.15 Å². The van der Waals surface area contributed by atoms with Crippen molar-refractivity contribution in [3.05, 3.63) is 21.7 Å². The molecule has 5 heteroatoms. The molecule has 11 heavy (non-hydrogen) atoms. The summed E-state index contributed by atoms with van der Waals surface area (Å²) in [5, 5.41) is 1.21. The van der Waals surface area contributed by atoms with Crippen LogP contribution in [-0.4, -0.2) is 15.3 Å². The molecular weight excluding hydrogens is 184 g/mol. The maximum Gasteiger partial charge on any atom is 0.349 e. The summed E-state index contributed by atoms with van der Waals surface area (Å²) in [6.45, 7) is 0.753. The minimum atomic E-state index is -0.238. The van der Waals surface area contributed by atoms with E-state index in [-0.39, 0.29) is 10.8 Å². The molecule has 1 aliphatic rings. The molecule has 0 aromatic carbocycles. The fraction of sp³-hybridized carbons (Fsp3) is 0.333. The smallest absolute Gasteiger partial charge is 0.286 e. The standard InChI is InChI=1S/C6H5ClN2OS/c7-4-3-5-9(1-2-11-5)6(10)8-4/h3H,1-2H2. The Kier molecular flexibility index (Phi) is 1.65. The molecule has 58 valence electrons. The van der Waals surface area contributed by atoms with Gasteiger partial charge in [-0.1, -0.05) is 11.6 Å². The molecule has 0 aliphatic carbocycles. The molecule has 0 atom stereocenters. The van der Waals surface area contributed by atoms with E-state index in [2.05, 4.69) is 4.98 Å². The van der Waals surface area contributed by atoms with Gasteiger partial charge in [0.05, 0.1) is 5.03 Å². The number of hydrogen-bond donors (Lipinski definition) is 0. The first kappa shape index (κ1) is 7.18. The Morgan fingerprint density at radius 2 is 2.55 bits per heavy atom. The lowest BCUT2D eigenvalue weighted by Gasteiger charge is -1.98. The van der Waals surface area contributed by atoms with Crippen molar-refractivity contribution in [1.82, 2.24) is 9.55 Å². The van der Waals surface area contributed by atoms with Crippen molar-refractivity contribution in [2.45, 2.75) is 11.6 Å². The molecular formula is C6H5ClN2OS. The number of thioether (sulfide) groups is 1. The van der Waals surface area contributed by atoms with Crippen LogP contribution in [0.15, 0.2) is 15.9 Å². The molecule has 1 aromatic heterocycles. The number of hydrogen-bond acceptors (Lipinski definition) is 3. The summed E-state index contributed by atoms with van der Waals surface area (Å²) < 4.78 is 1.64. The lowest BCUT2D eigenvalue weighted by atomic mass is 10.6. The Balaban J connectivity index is 2.70. The van der Waals surface area contributed by atoms with Gasteiger partial charge < -0.3 is 0 Å². The van der Waals surface area contributed by atoms with Gasteiger partial charge in [0.1, 0.15) is 5.15 Å². The van der Waals surface area contributed by atoms with Crippen molar-refractivity contribution in [2.24, 2.45) is 0 Å². The number of nitrogens with zero attached hydrogens (tertiary/aromatic N) is 2. The van der Waals surface area contributed by atoms with Gasteiger partial charge in [-0.3, -0.25) is 4.57 Å². The van der Waals surface area contributed by atoms with E-state index in [0.29, 0.717) is 0 Å². The molecule has 1 aromatic rings. The normalized spacial score (nSPS) is 15.0. The number of fused-ring (bicyclic) bond motifs is 1. The van der Waals surface area contributed by atoms with Gasteiger partial charge in [0.2, 0.25) is 0 Å². The average molecular weight is 189 g/mol. The molecule has 3 nitrogen and oxygen atoms in total. The highest BCUT2D eigenvalue weighted by atomic mass is 35.5. The van der Waals surface area contributed by atoms with Crippen LogP contribution in [0.5, 0.6) is 0 Å². The quantitative estimate of drug-likeness (QED) is 0.570. The third kappa shape index (κ3) is 1.16. The second-order valence-corrected chi connectivity index (χ2v) is 3.70. The summed E-state index contributed by atoms with van der Waals surface area (Å²) in [7, 11) is 0. The van der Waals surface area contributed by atoms with Crippen molar-refractivity contribution in [2.75, 3.05) is 5.75 Å². The maximum atomic E-state index is 11.1. The third-order valence-electron chi connectivity index (χ3n) is 1.51. The van der Waals surface area contributed by atoms with Gasteiger partial charge in [0.25, 0.3) is 0 Å². The fourth-order valence-corrected chi connectivity index (χ4v) is 2.27. The van der Waals surface area contributed by atoms with Crippen LogP contribution >= 0.6 is 23.4 Å². The van der Waals surface area contributed by atoms with Gasteiger partial charge in [-0.2, -0.15) is 4.98 Å². The van der Waals surface area contributed by atoms with Crippen LogP contribution < -0.4 is 5.69 Å². The highest BCUT2D eigenvalue weighted by Crippen LogP contribution is 2.24. The summed E-state index contributed by atoms with van der Waals surface area (Å²) in [4.78, 5) is 14.7. The van der Waals surface area contributed by atoms with E-state index < -0.39 is 0 Å². The van der Waals surface area contributed by atoms with Crippen LogP contribution in [0.4, 0.5) is 0 Å². The third-order valence-corrected chi connectivity index (χ3v) is 2.72. The lowest BCUT2D eigenvalue weighted by molar-refractivity contribution is 0.665. The molecule has 0 spiro atoms. The molecule has 0 N–H and O–H groups in total. The van der Waals surface area contributed by atoms with E-state index >= 15 is 0 Å². The van der Waals surface area contributed by atoms with Crippen LogP contribution in [0, 0.1) is 0 Å². The number of halogens is 1. The maximum absolute atomic E-state index is 11.1. The molecule has 2 heterocycles. The molecule has 0 saturated carbocycles. The zero-order chi connectivity index (χ0) is 7.84. The van der Waals surface area contributed by atoms with Gasteiger partial charge in [0, 0.05) is 18.4 Å². The largest absolute Gasteiger partial charge is 0.349 e. The van der Waals surface area contributed by atoms with Crippen molar-refractivity contribution in [3.8, 4) is 0 Å². The van der Waals surface area contributed by atoms with E-state index in [9.17, 15) is 4.79 Å². The highest BCUT2D eigenvalue weighted by Gasteiger charge is 2.13. The molecule has 0 bridgehead atoms. The first-order chi connectivity index (χ1) is 5.27. The monoisotopic (exact) mass is 188 g/mol. The van der Waals surface area contributed by atoms with Gasteiger partial charge in [-0.25, -0.2) is 4.79 Å². The van der Waals surface area contributed by atoms with Gasteiger partial charge >= 0.3 is 5.69 Å². The van der Waals surface area contributed by atoms with E-state index in [1.165, 1.54) is 0 Å². The van der Waals surface area contributed by atoms with Crippen molar-refractivity contribution >= 4 is 23.4 Å². The molecule has 0 unspecified atom stereocenters. The molecule has 0 saturated heterocycles. The SMILES string of the molecule is O=c1nc(Cl)cc2n1CCS2. The zero-order valence-electron chi connectivity index (χ0n) is 5.58. The summed E-state index contributed by atoms with van der Waals surface area (Å²) in [6, 6.07) is 1.72. The fourth-order valence-electron chi connectivity index (χ4n) is 1.02. The molecule has 0 radical (unpaired) electrons. The minimum absolute atomic E-state index is 0.238. The van der Waals surface area contributed by atoms with Crippen LogP contribution in [-0.2, 0) is 6.54 Å². The minimum Gasteiger partial charge on any atom is -0.286 e. The second kappa shape index (κ2) is 2.53. The summed E-state index contributed by atoms with van der Waals surface area (Å²) in [5.74, 6) is 0.942. The van der Waals surface area contributed by atoms with E-state index in [1.54, 1.807) is 22.4 Å². The zero-order valence-corrected chi connectivity index (χ0v) is 7.15. The molecule has 1 aliphatic heterocycles. The number of aromatic nitrogens is 2. The molecule has 0 fully saturated rings. The lowest BCUT2D eigenvalue weighted by Crippen LogP contribution is -2.21. The highest BCUT2D eigenvalue weighted by molar-refractivity contribution is 7.99. The van der Waals surface area contributed by atoms with Crippen molar-refractivity contribution < 1.29 is 0 Å². The Bertz CT molecular complexity index is 349. The Morgan fingerprint density at radius 1 is 1.73 bits per heavy atom. The summed E-state index contributed by atoms with van der Waals surface area (Å²) in [5.41, 5.74) is -0.238. The van der Waals surface area contributed by atoms with E-state index in [0.717, 1.165) is 17.3 Å². The Hall–Kier alpha value is -0.480. The Labute approximate surface area is 72.4 Å². The molecule has 0 amide bonds. The molecule has 2 rings (SSSR count). The van der Waals surface area contributed by atoms with Crippen LogP contribution in [0.3, 0.4) is 0 Å². The Morgan fingerprint density at radius 3 is 3.36 bits per heavy atom. The van der Waals surface area contributed by atoms with Crippen LogP contribution in [0.1, 0.15) is 0 Å². The first-order valence-corrected chi connectivity index (χ1v) is 4.54. The van der Waals surface area contributed by atoms with Crippen molar-refractivity contribution in [1.29, 1.82) is 0 Å². The van der Waals surface area contributed by atoms with Crippen LogP contribution in [0.25, 0.3) is 0 Å². The summed E-state index contributed by atoms with van der Waals surface area (Å²) in [6.07, 6.45) is 0. The first-order valence-electron chi connectivity index (χ1n) is 3.17. The van der Waals surface area contributed by atoms with Gasteiger partial charge in [-0.05, 0) is 0 Å². The second-order valence-electron chi connectivity index (χ2n) is 2.20. The van der Waals surface area contributed by atoms with E-state index in [1.807, 2.05) is 0 Å². The van der Waals surface area contributed by atoms with E-state index in [4.69, 9.17) is 11.6 Å². The average Bonchev–Trinajstić information content (AvgIpc) is 2.34. The predicted octanol–water partition coefficient (Wildman–Crippen LogP) is 1.00. The van der Waals surface area contributed by atoms with Crippen molar-refractivity contribution in [3.63, 3.8) is 0 Å². The van der Waals surface area contributed by atoms with Gasteiger partial charge in [0.15, 0.2) is 0 Å². The number of rotatable bonds is 0.